The highest BCUT2D eigenvalue weighted by atomic mass is 35.5. The lowest BCUT2D eigenvalue weighted by atomic mass is 10.0. The van der Waals surface area contributed by atoms with Gasteiger partial charge < -0.3 is 9.84 Å². The molecule has 1 saturated heterocycles. The van der Waals surface area contributed by atoms with Crippen LogP contribution in [-0.4, -0.2) is 41.8 Å². The van der Waals surface area contributed by atoms with E-state index in [4.69, 9.17) is 33.0 Å². The normalized spacial score (nSPS) is 18.8. The van der Waals surface area contributed by atoms with Crippen molar-refractivity contribution in [3.05, 3.63) is 20.3 Å². The van der Waals surface area contributed by atoms with E-state index in [-0.39, 0.29) is 18.6 Å². The third kappa shape index (κ3) is 4.83. The molecule has 0 radical (unpaired) electrons. The van der Waals surface area contributed by atoms with Gasteiger partial charge in [0.05, 0.1) is 27.8 Å². The molecule has 118 valence electrons. The van der Waals surface area contributed by atoms with Crippen molar-refractivity contribution in [2.75, 3.05) is 19.7 Å². The van der Waals surface area contributed by atoms with Crippen LogP contribution in [0.1, 0.15) is 37.8 Å². The summed E-state index contributed by atoms with van der Waals surface area (Å²) in [4.78, 5) is 12.8. The van der Waals surface area contributed by atoms with E-state index in [2.05, 4.69) is 11.8 Å². The van der Waals surface area contributed by atoms with Crippen molar-refractivity contribution in [2.24, 2.45) is 0 Å². The highest BCUT2D eigenvalue weighted by Gasteiger charge is 2.26. The Kier molecular flexibility index (Phi) is 6.32. The van der Waals surface area contributed by atoms with Crippen molar-refractivity contribution in [1.29, 1.82) is 0 Å². The van der Waals surface area contributed by atoms with E-state index in [1.165, 1.54) is 11.3 Å². The Labute approximate surface area is 138 Å². The van der Waals surface area contributed by atoms with Crippen molar-refractivity contribution < 1.29 is 14.6 Å². The molecular weight excluding hydrogens is 333 g/mol. The Morgan fingerprint density at radius 2 is 2.19 bits per heavy atom. The first-order valence-electron chi connectivity index (χ1n) is 6.99. The number of hydrogen-bond acceptors (Lipinski definition) is 4. The van der Waals surface area contributed by atoms with Gasteiger partial charge in [0.1, 0.15) is 0 Å². The molecule has 1 unspecified atom stereocenters. The van der Waals surface area contributed by atoms with E-state index in [1.54, 1.807) is 0 Å². The molecule has 0 spiro atoms. The summed E-state index contributed by atoms with van der Waals surface area (Å²) in [6, 6.07) is 2.18. The molecule has 0 saturated carbocycles. The molecule has 0 amide bonds. The predicted octanol–water partition coefficient (Wildman–Crippen LogP) is 4.07. The maximum atomic E-state index is 10.5. The van der Waals surface area contributed by atoms with E-state index < -0.39 is 5.97 Å². The highest BCUT2D eigenvalue weighted by molar-refractivity contribution is 7.20. The van der Waals surface area contributed by atoms with Crippen LogP contribution in [0.2, 0.25) is 8.67 Å². The van der Waals surface area contributed by atoms with Gasteiger partial charge >= 0.3 is 5.97 Å². The van der Waals surface area contributed by atoms with Crippen LogP contribution in [0.4, 0.5) is 0 Å². The number of piperidine rings is 1. The van der Waals surface area contributed by atoms with Crippen LogP contribution in [0.3, 0.4) is 0 Å². The van der Waals surface area contributed by atoms with Gasteiger partial charge in [-0.3, -0.25) is 9.69 Å². The van der Waals surface area contributed by atoms with Crippen LogP contribution in [-0.2, 0) is 9.53 Å². The molecule has 21 heavy (non-hydrogen) atoms. The van der Waals surface area contributed by atoms with Crippen molar-refractivity contribution in [1.82, 2.24) is 4.90 Å². The topological polar surface area (TPSA) is 49.8 Å². The first-order valence-corrected chi connectivity index (χ1v) is 8.56. The second-order valence-corrected chi connectivity index (χ2v) is 7.49. The Balaban J connectivity index is 1.80. The van der Waals surface area contributed by atoms with Crippen molar-refractivity contribution in [3.8, 4) is 0 Å². The second kappa shape index (κ2) is 7.79. The van der Waals surface area contributed by atoms with Crippen LogP contribution < -0.4 is 0 Å². The summed E-state index contributed by atoms with van der Waals surface area (Å²) in [5.74, 6) is -0.815. The van der Waals surface area contributed by atoms with E-state index in [0.717, 1.165) is 35.8 Å². The third-order valence-electron chi connectivity index (χ3n) is 3.83. The number of carbonyl (C=O) groups is 1. The van der Waals surface area contributed by atoms with Crippen LogP contribution in [0.25, 0.3) is 0 Å². The maximum Gasteiger partial charge on any atom is 0.305 e. The minimum atomic E-state index is -0.815. The van der Waals surface area contributed by atoms with E-state index in [0.29, 0.717) is 10.9 Å². The summed E-state index contributed by atoms with van der Waals surface area (Å²) >= 11 is 13.6. The highest BCUT2D eigenvalue weighted by Crippen LogP contribution is 2.37. The number of thiophene rings is 1. The monoisotopic (exact) mass is 351 g/mol. The zero-order chi connectivity index (χ0) is 15.4. The summed E-state index contributed by atoms with van der Waals surface area (Å²) < 4.78 is 7.08. The first kappa shape index (κ1) is 17.0. The molecule has 1 N–H and O–H groups in total. The number of halogens is 2. The zero-order valence-corrected chi connectivity index (χ0v) is 14.2. The first-order chi connectivity index (χ1) is 9.97. The van der Waals surface area contributed by atoms with Crippen LogP contribution >= 0.6 is 34.5 Å². The largest absolute Gasteiger partial charge is 0.481 e. The van der Waals surface area contributed by atoms with Crippen molar-refractivity contribution in [2.45, 2.75) is 38.3 Å². The molecule has 1 aliphatic rings. The lowest BCUT2D eigenvalue weighted by Crippen LogP contribution is -2.38. The fourth-order valence-electron chi connectivity index (χ4n) is 2.58. The van der Waals surface area contributed by atoms with Gasteiger partial charge in [-0.25, -0.2) is 0 Å². The number of nitrogens with zero attached hydrogens (tertiary/aromatic N) is 1. The fourth-order valence-corrected chi connectivity index (χ4v) is 4.21. The molecule has 2 heterocycles. The number of ether oxygens (including phenoxy) is 1. The summed E-state index contributed by atoms with van der Waals surface area (Å²) in [5, 5.41) is 8.60. The Morgan fingerprint density at radius 1 is 1.52 bits per heavy atom. The number of rotatable bonds is 6. The van der Waals surface area contributed by atoms with Crippen LogP contribution in [0.15, 0.2) is 6.07 Å². The van der Waals surface area contributed by atoms with E-state index >= 15 is 0 Å². The van der Waals surface area contributed by atoms with E-state index in [9.17, 15) is 4.79 Å². The molecule has 0 aliphatic carbocycles. The van der Waals surface area contributed by atoms with Gasteiger partial charge in [0.15, 0.2) is 0 Å². The molecule has 1 aromatic rings. The number of carboxylic acid groups (broad SMARTS) is 1. The molecule has 1 aromatic heterocycles. The molecular formula is C14H19Cl2NO3S. The molecule has 1 atom stereocenters. The minimum Gasteiger partial charge on any atom is -0.481 e. The lowest BCUT2D eigenvalue weighted by molar-refractivity contribution is -0.138. The smallest absolute Gasteiger partial charge is 0.305 e. The summed E-state index contributed by atoms with van der Waals surface area (Å²) in [7, 11) is 0. The number of hydrogen-bond donors (Lipinski definition) is 1. The third-order valence-corrected chi connectivity index (χ3v) is 5.34. The lowest BCUT2D eigenvalue weighted by Gasteiger charge is -2.35. The minimum absolute atomic E-state index is 0.0691. The number of aliphatic carboxylic acids is 1. The summed E-state index contributed by atoms with van der Waals surface area (Å²) in [5.41, 5.74) is 1.08. The van der Waals surface area contributed by atoms with Gasteiger partial charge in [0.25, 0.3) is 0 Å². The predicted molar refractivity (Wildman–Crippen MR) is 85.6 cm³/mol. The fraction of sp³-hybridized carbons (Fsp3) is 0.643. The van der Waals surface area contributed by atoms with Crippen molar-refractivity contribution in [3.63, 3.8) is 0 Å². The quantitative estimate of drug-likeness (QED) is 0.838. The molecule has 0 aromatic carbocycles. The second-order valence-electron chi connectivity index (χ2n) is 5.21. The number of carboxylic acids is 1. The standard InChI is InChI=1S/C14H19Cl2NO3S/c1-9(11-8-12(15)21-14(11)16)17-5-2-10(3-6-17)20-7-4-13(18)19/h8-10H,2-7H2,1H3,(H,18,19). The average molecular weight is 352 g/mol. The van der Waals surface area contributed by atoms with Gasteiger partial charge in [0.2, 0.25) is 0 Å². The Bertz CT molecular complexity index is 487. The average Bonchev–Trinajstić information content (AvgIpc) is 2.77. The Morgan fingerprint density at radius 3 is 2.71 bits per heavy atom. The summed E-state index contributed by atoms with van der Waals surface area (Å²) in [6.45, 7) is 4.27. The molecule has 1 aliphatic heterocycles. The van der Waals surface area contributed by atoms with Gasteiger partial charge in [-0.2, -0.15) is 0 Å². The maximum absolute atomic E-state index is 10.5. The van der Waals surface area contributed by atoms with Gasteiger partial charge in [-0.15, -0.1) is 11.3 Å². The Hall–Kier alpha value is -0.330. The molecule has 2 rings (SSSR count). The van der Waals surface area contributed by atoms with Crippen LogP contribution in [0.5, 0.6) is 0 Å². The molecule has 7 heteroatoms. The summed E-state index contributed by atoms with van der Waals surface area (Å²) in [6.07, 6.45) is 2.06. The SMILES string of the molecule is CC(c1cc(Cl)sc1Cl)N1CCC(OCCC(=O)O)CC1. The van der Waals surface area contributed by atoms with Gasteiger partial charge in [0, 0.05) is 24.7 Å². The molecule has 1 fully saturated rings. The van der Waals surface area contributed by atoms with Gasteiger partial charge in [-0.1, -0.05) is 23.2 Å². The molecule has 4 nitrogen and oxygen atoms in total. The van der Waals surface area contributed by atoms with Crippen molar-refractivity contribution >= 4 is 40.5 Å². The van der Waals surface area contributed by atoms with Crippen LogP contribution in [0, 0.1) is 0 Å². The molecule has 0 bridgehead atoms. The van der Waals surface area contributed by atoms with Gasteiger partial charge in [-0.05, 0) is 25.8 Å². The zero-order valence-electron chi connectivity index (χ0n) is 11.8. The van der Waals surface area contributed by atoms with E-state index in [1.807, 2.05) is 6.07 Å². The number of likely N-dealkylation sites (tertiary alicyclic amines) is 1.